The van der Waals surface area contributed by atoms with Gasteiger partial charge in [0.2, 0.25) is 5.91 Å². The minimum Gasteiger partial charge on any atom is -0.494 e. The molecule has 0 saturated heterocycles. The van der Waals surface area contributed by atoms with E-state index in [-0.39, 0.29) is 17.4 Å². The van der Waals surface area contributed by atoms with Gasteiger partial charge in [-0.3, -0.25) is 14.4 Å². The van der Waals surface area contributed by atoms with Gasteiger partial charge in [0.1, 0.15) is 11.4 Å². The zero-order valence-electron chi connectivity index (χ0n) is 22.5. The fourth-order valence-electron chi connectivity index (χ4n) is 3.69. The van der Waals surface area contributed by atoms with Gasteiger partial charge in [-0.15, -0.1) is 11.8 Å². The molecule has 0 aliphatic carbocycles. The number of rotatable bonds is 11. The highest BCUT2D eigenvalue weighted by molar-refractivity contribution is 8.00. The maximum Gasteiger partial charge on any atom is 0.272 e. The largest absolute Gasteiger partial charge is 0.494 e. The van der Waals surface area contributed by atoms with Gasteiger partial charge in [-0.2, -0.15) is 0 Å². The van der Waals surface area contributed by atoms with E-state index in [0.717, 1.165) is 4.90 Å². The average Bonchev–Trinajstić information content (AvgIpc) is 2.99. The molecule has 0 unspecified atom stereocenters. The monoisotopic (exact) mass is 619 g/mol. The Morgan fingerprint density at radius 3 is 2.24 bits per heavy atom. The molecule has 0 aliphatic heterocycles. The van der Waals surface area contributed by atoms with Crippen molar-refractivity contribution in [3.05, 3.63) is 124 Å². The Morgan fingerprint density at radius 2 is 1.57 bits per heavy atom. The van der Waals surface area contributed by atoms with Crippen LogP contribution >= 0.6 is 35.0 Å². The Kier molecular flexibility index (Phi) is 11.1. The highest BCUT2D eigenvalue weighted by Gasteiger charge is 2.15. The van der Waals surface area contributed by atoms with Crippen LogP contribution in [0.1, 0.15) is 22.8 Å². The second-order valence-corrected chi connectivity index (χ2v) is 10.7. The van der Waals surface area contributed by atoms with Gasteiger partial charge in [-0.05, 0) is 85.3 Å². The van der Waals surface area contributed by atoms with Crippen LogP contribution in [0.25, 0.3) is 6.08 Å². The summed E-state index contributed by atoms with van der Waals surface area (Å²) in [5.74, 6) is -0.260. The molecule has 0 spiro atoms. The third-order valence-electron chi connectivity index (χ3n) is 5.72. The van der Waals surface area contributed by atoms with Crippen molar-refractivity contribution in [2.75, 3.05) is 23.0 Å². The van der Waals surface area contributed by atoms with Gasteiger partial charge < -0.3 is 20.7 Å². The number of anilines is 2. The molecule has 0 aliphatic rings. The summed E-state index contributed by atoms with van der Waals surface area (Å²) < 4.78 is 5.49. The number of thioether (sulfide) groups is 1. The number of amides is 3. The number of ether oxygens (including phenoxy) is 1. The van der Waals surface area contributed by atoms with Gasteiger partial charge in [-0.1, -0.05) is 53.5 Å². The van der Waals surface area contributed by atoms with Crippen LogP contribution in [0.3, 0.4) is 0 Å². The molecular weight excluding hydrogens is 593 g/mol. The molecular formula is C32H27Cl2N3O4S. The van der Waals surface area contributed by atoms with E-state index in [2.05, 4.69) is 16.0 Å². The fourth-order valence-corrected chi connectivity index (χ4v) is 4.85. The first-order valence-electron chi connectivity index (χ1n) is 12.9. The summed E-state index contributed by atoms with van der Waals surface area (Å²) in [5, 5.41) is 9.15. The minimum atomic E-state index is -0.493. The van der Waals surface area contributed by atoms with E-state index in [1.54, 1.807) is 97.1 Å². The SMILES string of the molecule is CCOc1ccc(/C=C(\NC(=O)c2ccccc2)C(=O)Nc2ccc(SCC(=O)Nc3ccc(Cl)cc3Cl)cc2)cc1. The molecule has 214 valence electrons. The number of hydrogen-bond acceptors (Lipinski definition) is 5. The van der Waals surface area contributed by atoms with Gasteiger partial charge in [0, 0.05) is 21.2 Å². The zero-order chi connectivity index (χ0) is 29.9. The van der Waals surface area contributed by atoms with Crippen molar-refractivity contribution < 1.29 is 19.1 Å². The standard InChI is InChI=1S/C32H27Cl2N3O4S/c1-2-41-25-13-8-21(9-14-25)18-29(37-31(39)22-6-4-3-5-7-22)32(40)35-24-11-15-26(16-12-24)42-20-30(38)36-28-17-10-23(33)19-27(28)34/h3-19H,2,20H2,1H3,(H,35,40)(H,36,38)(H,37,39)/b29-18-. The van der Waals surface area contributed by atoms with E-state index in [4.69, 9.17) is 27.9 Å². The molecule has 42 heavy (non-hydrogen) atoms. The van der Waals surface area contributed by atoms with Crippen molar-refractivity contribution in [1.29, 1.82) is 0 Å². The highest BCUT2D eigenvalue weighted by atomic mass is 35.5. The molecule has 3 N–H and O–H groups in total. The Bertz CT molecular complexity index is 1580. The molecule has 0 radical (unpaired) electrons. The van der Waals surface area contributed by atoms with E-state index < -0.39 is 11.8 Å². The lowest BCUT2D eigenvalue weighted by Gasteiger charge is -2.12. The van der Waals surface area contributed by atoms with Crippen LogP contribution in [0.4, 0.5) is 11.4 Å². The van der Waals surface area contributed by atoms with Gasteiger partial charge in [-0.25, -0.2) is 0 Å². The first kappa shape index (κ1) is 30.7. The van der Waals surface area contributed by atoms with Crippen LogP contribution in [0.2, 0.25) is 10.0 Å². The summed E-state index contributed by atoms with van der Waals surface area (Å²) in [5.41, 5.74) is 2.21. The Balaban J connectivity index is 1.41. The number of nitrogens with one attached hydrogen (secondary N) is 3. The molecule has 0 fully saturated rings. The van der Waals surface area contributed by atoms with E-state index in [0.29, 0.717) is 44.9 Å². The zero-order valence-corrected chi connectivity index (χ0v) is 24.9. The number of benzene rings is 4. The van der Waals surface area contributed by atoms with E-state index in [1.165, 1.54) is 11.8 Å². The van der Waals surface area contributed by atoms with Crippen molar-refractivity contribution in [2.45, 2.75) is 11.8 Å². The predicted molar refractivity (Wildman–Crippen MR) is 170 cm³/mol. The molecule has 0 heterocycles. The van der Waals surface area contributed by atoms with Gasteiger partial charge in [0.25, 0.3) is 11.8 Å². The molecule has 0 bridgehead atoms. The second-order valence-electron chi connectivity index (χ2n) is 8.82. The first-order chi connectivity index (χ1) is 20.3. The summed E-state index contributed by atoms with van der Waals surface area (Å²) in [6.45, 7) is 2.44. The molecule has 0 aromatic heterocycles. The summed E-state index contributed by atoms with van der Waals surface area (Å²) >= 11 is 13.4. The van der Waals surface area contributed by atoms with Gasteiger partial charge >= 0.3 is 0 Å². The molecule has 10 heteroatoms. The molecule has 3 amide bonds. The maximum absolute atomic E-state index is 13.3. The summed E-state index contributed by atoms with van der Waals surface area (Å²) in [7, 11) is 0. The minimum absolute atomic E-state index is 0.0731. The number of carbonyl (C=O) groups is 3. The predicted octanol–water partition coefficient (Wildman–Crippen LogP) is 7.53. The molecule has 0 atom stereocenters. The third kappa shape index (κ3) is 9.14. The van der Waals surface area contributed by atoms with Crippen molar-refractivity contribution in [1.82, 2.24) is 5.32 Å². The first-order valence-corrected chi connectivity index (χ1v) is 14.6. The van der Waals surface area contributed by atoms with Gasteiger partial charge in [0.15, 0.2) is 0 Å². The van der Waals surface area contributed by atoms with E-state index in [1.807, 2.05) is 13.0 Å². The Labute approximate surface area is 258 Å². The summed E-state index contributed by atoms with van der Waals surface area (Å²) in [6, 6.07) is 27.7. The Hall–Kier alpha value is -4.24. The molecule has 0 saturated carbocycles. The molecule has 4 rings (SSSR count). The Morgan fingerprint density at radius 1 is 0.857 bits per heavy atom. The number of halogens is 2. The van der Waals surface area contributed by atoms with Crippen molar-refractivity contribution >= 4 is 70.1 Å². The van der Waals surface area contributed by atoms with Gasteiger partial charge in [0.05, 0.1) is 23.1 Å². The third-order valence-corrected chi connectivity index (χ3v) is 7.28. The molecule has 4 aromatic carbocycles. The molecule has 7 nitrogen and oxygen atoms in total. The lowest BCUT2D eigenvalue weighted by molar-refractivity contribution is -0.114. The number of carbonyl (C=O) groups excluding carboxylic acids is 3. The highest BCUT2D eigenvalue weighted by Crippen LogP contribution is 2.26. The lowest BCUT2D eigenvalue weighted by Crippen LogP contribution is -2.30. The van der Waals surface area contributed by atoms with Crippen molar-refractivity contribution in [3.8, 4) is 5.75 Å². The van der Waals surface area contributed by atoms with Crippen LogP contribution in [-0.4, -0.2) is 30.1 Å². The smallest absolute Gasteiger partial charge is 0.272 e. The normalized spacial score (nSPS) is 11.0. The fraction of sp³-hybridized carbons (Fsp3) is 0.0938. The lowest BCUT2D eigenvalue weighted by atomic mass is 10.1. The van der Waals surface area contributed by atoms with Crippen molar-refractivity contribution in [3.63, 3.8) is 0 Å². The van der Waals surface area contributed by atoms with Crippen LogP contribution in [0, 0.1) is 0 Å². The topological polar surface area (TPSA) is 96.5 Å². The van der Waals surface area contributed by atoms with E-state index >= 15 is 0 Å². The number of hydrogen-bond donors (Lipinski definition) is 3. The van der Waals surface area contributed by atoms with Crippen LogP contribution in [-0.2, 0) is 9.59 Å². The quantitative estimate of drug-likeness (QED) is 0.119. The summed E-state index contributed by atoms with van der Waals surface area (Å²) in [4.78, 5) is 39.3. The maximum atomic E-state index is 13.3. The van der Waals surface area contributed by atoms with Crippen molar-refractivity contribution in [2.24, 2.45) is 0 Å². The molecule has 4 aromatic rings. The summed E-state index contributed by atoms with van der Waals surface area (Å²) in [6.07, 6.45) is 1.60. The van der Waals surface area contributed by atoms with Crippen LogP contribution < -0.4 is 20.7 Å². The van der Waals surface area contributed by atoms with Crippen LogP contribution in [0.15, 0.2) is 108 Å². The van der Waals surface area contributed by atoms with Crippen LogP contribution in [0.5, 0.6) is 5.75 Å². The average molecular weight is 621 g/mol. The van der Waals surface area contributed by atoms with E-state index in [9.17, 15) is 14.4 Å². The second kappa shape index (κ2) is 15.1.